The molecule has 0 spiro atoms. The molecule has 3 aromatic rings. The summed E-state index contributed by atoms with van der Waals surface area (Å²) < 4.78 is 0. The molecule has 2 heterocycles. The number of hydrogen-bond acceptors (Lipinski definition) is 4. The first-order valence-corrected chi connectivity index (χ1v) is 8.74. The second-order valence-corrected chi connectivity index (χ2v) is 6.35. The molecular formula is C21H20N4O. The Morgan fingerprint density at radius 3 is 2.65 bits per heavy atom. The fourth-order valence-corrected chi connectivity index (χ4v) is 3.32. The second kappa shape index (κ2) is 6.96. The molecule has 26 heavy (non-hydrogen) atoms. The maximum atomic E-state index is 12.8. The topological polar surface area (TPSA) is 49.3 Å². The number of fused-ring (bicyclic) bond motifs is 1. The third kappa shape index (κ3) is 3.04. The van der Waals surface area contributed by atoms with Crippen molar-refractivity contribution >= 4 is 23.1 Å². The van der Waals surface area contributed by atoms with Gasteiger partial charge in [-0.25, -0.2) is 9.97 Å². The zero-order valence-corrected chi connectivity index (χ0v) is 14.7. The molecule has 5 heteroatoms. The highest BCUT2D eigenvalue weighted by molar-refractivity contribution is 6.04. The van der Waals surface area contributed by atoms with Crippen LogP contribution in [-0.2, 0) is 6.42 Å². The summed E-state index contributed by atoms with van der Waals surface area (Å²) in [5.74, 6) is 0.613. The van der Waals surface area contributed by atoms with Crippen LogP contribution >= 0.6 is 0 Å². The van der Waals surface area contributed by atoms with Gasteiger partial charge >= 0.3 is 0 Å². The van der Waals surface area contributed by atoms with E-state index in [2.05, 4.69) is 33.1 Å². The van der Waals surface area contributed by atoms with Crippen molar-refractivity contribution in [1.82, 2.24) is 9.97 Å². The summed E-state index contributed by atoms with van der Waals surface area (Å²) in [6, 6.07) is 19.7. The molecule has 5 nitrogen and oxygen atoms in total. The van der Waals surface area contributed by atoms with E-state index in [0.29, 0.717) is 5.69 Å². The zero-order valence-electron chi connectivity index (χ0n) is 14.7. The molecule has 2 aromatic carbocycles. The summed E-state index contributed by atoms with van der Waals surface area (Å²) in [5.41, 5.74) is 3.70. The molecule has 0 unspecified atom stereocenters. The highest BCUT2D eigenvalue weighted by atomic mass is 16.2. The molecule has 1 amide bonds. The molecule has 0 radical (unpaired) electrons. The number of hydrogen-bond donors (Lipinski definition) is 0. The molecule has 1 aliphatic heterocycles. The van der Waals surface area contributed by atoms with Gasteiger partial charge in [-0.2, -0.15) is 0 Å². The van der Waals surface area contributed by atoms with Crippen LogP contribution in [0.1, 0.15) is 22.5 Å². The van der Waals surface area contributed by atoms with Gasteiger partial charge in [0.15, 0.2) is 0 Å². The number of aryl methyl sites for hydroxylation is 1. The third-order valence-corrected chi connectivity index (χ3v) is 4.71. The minimum atomic E-state index is -0.148. The molecule has 130 valence electrons. The first-order valence-electron chi connectivity index (χ1n) is 8.74. The lowest BCUT2D eigenvalue weighted by atomic mass is 10.0. The minimum Gasteiger partial charge on any atom is -0.326 e. The van der Waals surface area contributed by atoms with Crippen molar-refractivity contribution in [2.75, 3.05) is 23.4 Å². The van der Waals surface area contributed by atoms with Crippen LogP contribution in [0.15, 0.2) is 67.0 Å². The Labute approximate surface area is 152 Å². The molecule has 0 atom stereocenters. The molecule has 0 saturated heterocycles. The van der Waals surface area contributed by atoms with E-state index >= 15 is 0 Å². The number of para-hydroxylation sites is 2. The quantitative estimate of drug-likeness (QED) is 0.724. The molecule has 0 saturated carbocycles. The summed E-state index contributed by atoms with van der Waals surface area (Å²) in [7, 11) is 1.76. The van der Waals surface area contributed by atoms with E-state index in [4.69, 9.17) is 0 Å². The van der Waals surface area contributed by atoms with Gasteiger partial charge in [0.2, 0.25) is 0 Å². The van der Waals surface area contributed by atoms with Crippen LogP contribution < -0.4 is 9.80 Å². The predicted octanol–water partition coefficient (Wildman–Crippen LogP) is 3.84. The maximum Gasteiger partial charge on any atom is 0.276 e. The van der Waals surface area contributed by atoms with Crippen LogP contribution in [0.5, 0.6) is 0 Å². The Hall–Kier alpha value is -3.21. The van der Waals surface area contributed by atoms with E-state index in [-0.39, 0.29) is 5.91 Å². The maximum absolute atomic E-state index is 12.8. The second-order valence-electron chi connectivity index (χ2n) is 6.35. The Bertz CT molecular complexity index is 926. The fraction of sp³-hybridized carbons (Fsp3) is 0.190. The Balaban J connectivity index is 1.65. The third-order valence-electron chi connectivity index (χ3n) is 4.71. The van der Waals surface area contributed by atoms with Crippen LogP contribution in [0.4, 0.5) is 17.2 Å². The Kier molecular flexibility index (Phi) is 4.35. The summed E-state index contributed by atoms with van der Waals surface area (Å²) in [4.78, 5) is 25.2. The molecule has 4 rings (SSSR count). The van der Waals surface area contributed by atoms with Crippen LogP contribution in [0, 0.1) is 0 Å². The molecule has 0 aliphatic carbocycles. The van der Waals surface area contributed by atoms with Crippen LogP contribution in [-0.4, -0.2) is 29.5 Å². The van der Waals surface area contributed by atoms with Gasteiger partial charge in [-0.1, -0.05) is 36.4 Å². The highest BCUT2D eigenvalue weighted by Gasteiger charge is 2.21. The van der Waals surface area contributed by atoms with Gasteiger partial charge in [0.25, 0.3) is 5.91 Å². The molecule has 0 fully saturated rings. The van der Waals surface area contributed by atoms with Crippen molar-refractivity contribution in [3.05, 3.63) is 78.2 Å². The number of benzene rings is 2. The van der Waals surface area contributed by atoms with Gasteiger partial charge < -0.3 is 9.80 Å². The van der Waals surface area contributed by atoms with Crippen molar-refractivity contribution < 1.29 is 4.79 Å². The number of carbonyl (C=O) groups excluding carboxylic acids is 1. The van der Waals surface area contributed by atoms with E-state index in [1.807, 2.05) is 36.4 Å². The van der Waals surface area contributed by atoms with Gasteiger partial charge in [-0.15, -0.1) is 0 Å². The SMILES string of the molecule is CN(C(=O)c1cc(N2CCCc3ccccc32)ncn1)c1ccccc1. The standard InChI is InChI=1S/C21H20N4O/c1-24(17-10-3-2-4-11-17)21(26)18-14-20(23-15-22-18)25-13-7-9-16-8-5-6-12-19(16)25/h2-6,8,10-12,14-15H,7,9,13H2,1H3. The number of aromatic nitrogens is 2. The minimum absolute atomic E-state index is 0.148. The lowest BCUT2D eigenvalue weighted by Crippen LogP contribution is -2.29. The number of amides is 1. The number of nitrogens with zero attached hydrogens (tertiary/aromatic N) is 4. The van der Waals surface area contributed by atoms with E-state index in [1.165, 1.54) is 11.9 Å². The number of carbonyl (C=O) groups is 1. The summed E-state index contributed by atoms with van der Waals surface area (Å²) in [6.07, 6.45) is 3.60. The molecular weight excluding hydrogens is 324 g/mol. The Morgan fingerprint density at radius 1 is 1.04 bits per heavy atom. The first kappa shape index (κ1) is 16.3. The largest absolute Gasteiger partial charge is 0.326 e. The summed E-state index contributed by atoms with van der Waals surface area (Å²) in [5, 5.41) is 0. The smallest absolute Gasteiger partial charge is 0.276 e. The molecule has 0 N–H and O–H groups in total. The Morgan fingerprint density at radius 2 is 1.81 bits per heavy atom. The van der Waals surface area contributed by atoms with Gasteiger partial charge in [-0.3, -0.25) is 4.79 Å². The van der Waals surface area contributed by atoms with E-state index in [0.717, 1.165) is 36.6 Å². The van der Waals surface area contributed by atoms with Crippen molar-refractivity contribution in [2.24, 2.45) is 0 Å². The van der Waals surface area contributed by atoms with Gasteiger partial charge in [0.05, 0.1) is 0 Å². The van der Waals surface area contributed by atoms with E-state index in [1.54, 1.807) is 18.0 Å². The van der Waals surface area contributed by atoms with Crippen molar-refractivity contribution in [3.8, 4) is 0 Å². The van der Waals surface area contributed by atoms with Gasteiger partial charge in [0, 0.05) is 31.0 Å². The van der Waals surface area contributed by atoms with Crippen molar-refractivity contribution in [2.45, 2.75) is 12.8 Å². The van der Waals surface area contributed by atoms with Crippen molar-refractivity contribution in [1.29, 1.82) is 0 Å². The van der Waals surface area contributed by atoms with E-state index in [9.17, 15) is 4.79 Å². The lowest BCUT2D eigenvalue weighted by molar-refractivity contribution is 0.0988. The van der Waals surface area contributed by atoms with Crippen LogP contribution in [0.3, 0.4) is 0 Å². The van der Waals surface area contributed by atoms with Crippen LogP contribution in [0.25, 0.3) is 0 Å². The predicted molar refractivity (Wildman–Crippen MR) is 103 cm³/mol. The highest BCUT2D eigenvalue weighted by Crippen LogP contribution is 2.32. The number of anilines is 3. The molecule has 1 aliphatic rings. The van der Waals surface area contributed by atoms with E-state index < -0.39 is 0 Å². The zero-order chi connectivity index (χ0) is 17.9. The van der Waals surface area contributed by atoms with Gasteiger partial charge in [0.1, 0.15) is 17.8 Å². The van der Waals surface area contributed by atoms with Crippen LogP contribution in [0.2, 0.25) is 0 Å². The summed E-state index contributed by atoms with van der Waals surface area (Å²) >= 11 is 0. The molecule has 0 bridgehead atoms. The summed E-state index contributed by atoms with van der Waals surface area (Å²) in [6.45, 7) is 0.885. The lowest BCUT2D eigenvalue weighted by Gasteiger charge is -2.30. The average molecular weight is 344 g/mol. The first-order chi connectivity index (χ1) is 12.7. The monoisotopic (exact) mass is 344 g/mol. The average Bonchev–Trinajstić information content (AvgIpc) is 2.73. The molecule has 1 aromatic heterocycles. The fourth-order valence-electron chi connectivity index (χ4n) is 3.32. The van der Waals surface area contributed by atoms with Gasteiger partial charge in [-0.05, 0) is 36.6 Å². The number of rotatable bonds is 3. The normalized spacial score (nSPS) is 13.2. The van der Waals surface area contributed by atoms with Crippen molar-refractivity contribution in [3.63, 3.8) is 0 Å².